The monoisotopic (exact) mass is 421 g/mol. The van der Waals surface area contributed by atoms with Crippen molar-refractivity contribution in [3.63, 3.8) is 0 Å². The van der Waals surface area contributed by atoms with Crippen LogP contribution in [-0.2, 0) is 19.6 Å². The molecule has 2 aliphatic heterocycles. The Hall–Kier alpha value is -2.23. The Labute approximate surface area is 171 Å². The summed E-state index contributed by atoms with van der Waals surface area (Å²) in [5, 5.41) is 0. The lowest BCUT2D eigenvalue weighted by Crippen LogP contribution is -2.49. The van der Waals surface area contributed by atoms with Gasteiger partial charge < -0.3 is 14.5 Å². The molecule has 0 saturated carbocycles. The highest BCUT2D eigenvalue weighted by molar-refractivity contribution is 7.89. The molecular formula is C20H27N3O5S. The fourth-order valence-corrected chi connectivity index (χ4v) is 4.61. The van der Waals surface area contributed by atoms with Crippen LogP contribution in [0, 0.1) is 5.92 Å². The SMILES string of the molecule is C=CCNS(=O)(=O)c1ccc(C(=O)N2CCCC(C(=O)N3CCOCC3)C2)cc1. The average molecular weight is 422 g/mol. The molecule has 0 spiro atoms. The van der Waals surface area contributed by atoms with Crippen LogP contribution in [0.5, 0.6) is 0 Å². The van der Waals surface area contributed by atoms with Crippen LogP contribution in [-0.4, -0.2) is 76.0 Å². The van der Waals surface area contributed by atoms with E-state index in [-0.39, 0.29) is 29.2 Å². The molecular weight excluding hydrogens is 394 g/mol. The highest BCUT2D eigenvalue weighted by atomic mass is 32.2. The summed E-state index contributed by atoms with van der Waals surface area (Å²) in [4.78, 5) is 29.2. The first-order valence-corrected chi connectivity index (χ1v) is 11.3. The minimum absolute atomic E-state index is 0.0838. The van der Waals surface area contributed by atoms with Crippen LogP contribution >= 0.6 is 0 Å². The summed E-state index contributed by atoms with van der Waals surface area (Å²) >= 11 is 0. The number of amides is 2. The molecule has 8 nitrogen and oxygen atoms in total. The third kappa shape index (κ3) is 5.23. The molecule has 9 heteroatoms. The van der Waals surface area contributed by atoms with Gasteiger partial charge in [-0.25, -0.2) is 13.1 Å². The molecule has 0 bridgehead atoms. The Balaban J connectivity index is 1.65. The largest absolute Gasteiger partial charge is 0.378 e. The summed E-state index contributed by atoms with van der Waals surface area (Å²) in [5.74, 6) is -0.304. The number of ether oxygens (including phenoxy) is 1. The lowest BCUT2D eigenvalue weighted by atomic mass is 9.95. The number of likely N-dealkylation sites (tertiary alicyclic amines) is 1. The maximum atomic E-state index is 12.9. The van der Waals surface area contributed by atoms with Gasteiger partial charge >= 0.3 is 0 Å². The molecule has 1 atom stereocenters. The minimum Gasteiger partial charge on any atom is -0.378 e. The third-order valence-electron chi connectivity index (χ3n) is 5.21. The van der Waals surface area contributed by atoms with E-state index in [2.05, 4.69) is 11.3 Å². The molecule has 1 N–H and O–H groups in total. The Morgan fingerprint density at radius 3 is 2.48 bits per heavy atom. The number of morpholine rings is 1. The Bertz CT molecular complexity index is 847. The molecule has 1 aromatic rings. The van der Waals surface area contributed by atoms with Crippen LogP contribution in [0.25, 0.3) is 0 Å². The molecule has 0 aliphatic carbocycles. The van der Waals surface area contributed by atoms with Gasteiger partial charge in [0.1, 0.15) is 0 Å². The number of benzene rings is 1. The highest BCUT2D eigenvalue weighted by Gasteiger charge is 2.32. The van der Waals surface area contributed by atoms with E-state index in [0.717, 1.165) is 12.8 Å². The lowest BCUT2D eigenvalue weighted by Gasteiger charge is -2.36. The van der Waals surface area contributed by atoms with Crippen LogP contribution in [0.2, 0.25) is 0 Å². The molecule has 0 aromatic heterocycles. The van der Waals surface area contributed by atoms with E-state index in [0.29, 0.717) is 45.0 Å². The second-order valence-electron chi connectivity index (χ2n) is 7.19. The Morgan fingerprint density at radius 1 is 1.14 bits per heavy atom. The molecule has 3 rings (SSSR count). The molecule has 2 aliphatic rings. The number of hydrogen-bond acceptors (Lipinski definition) is 5. The zero-order valence-electron chi connectivity index (χ0n) is 16.4. The third-order valence-corrected chi connectivity index (χ3v) is 6.65. The average Bonchev–Trinajstić information content (AvgIpc) is 2.77. The maximum Gasteiger partial charge on any atom is 0.253 e. The van der Waals surface area contributed by atoms with E-state index in [4.69, 9.17) is 4.74 Å². The van der Waals surface area contributed by atoms with Crippen molar-refractivity contribution in [2.45, 2.75) is 17.7 Å². The van der Waals surface area contributed by atoms with E-state index in [1.807, 2.05) is 4.90 Å². The van der Waals surface area contributed by atoms with Gasteiger partial charge in [0, 0.05) is 38.3 Å². The van der Waals surface area contributed by atoms with E-state index < -0.39 is 10.0 Å². The molecule has 0 radical (unpaired) electrons. The van der Waals surface area contributed by atoms with E-state index in [9.17, 15) is 18.0 Å². The fraction of sp³-hybridized carbons (Fsp3) is 0.500. The van der Waals surface area contributed by atoms with Crippen molar-refractivity contribution in [1.29, 1.82) is 0 Å². The standard InChI is InChI=1S/C20H27N3O5S/c1-2-9-21-29(26,27)18-7-5-16(6-8-18)19(24)23-10-3-4-17(15-23)20(25)22-11-13-28-14-12-22/h2,5-8,17,21H,1,3-4,9-15H2. The highest BCUT2D eigenvalue weighted by Crippen LogP contribution is 2.22. The zero-order chi connectivity index (χ0) is 20.9. The van der Waals surface area contributed by atoms with Crippen molar-refractivity contribution in [3.8, 4) is 0 Å². The quantitative estimate of drug-likeness (QED) is 0.688. The smallest absolute Gasteiger partial charge is 0.253 e. The molecule has 1 aromatic carbocycles. The molecule has 29 heavy (non-hydrogen) atoms. The van der Waals surface area contributed by atoms with Gasteiger partial charge in [-0.1, -0.05) is 6.08 Å². The lowest BCUT2D eigenvalue weighted by molar-refractivity contribution is -0.141. The summed E-state index contributed by atoms with van der Waals surface area (Å²) in [6, 6.07) is 5.86. The number of piperidine rings is 1. The summed E-state index contributed by atoms with van der Waals surface area (Å²) in [6.07, 6.45) is 3.00. The number of nitrogens with one attached hydrogen (secondary N) is 1. The van der Waals surface area contributed by atoms with Gasteiger partial charge in [0.2, 0.25) is 15.9 Å². The van der Waals surface area contributed by atoms with Crippen molar-refractivity contribution in [2.24, 2.45) is 5.92 Å². The molecule has 2 amide bonds. The van der Waals surface area contributed by atoms with E-state index in [1.54, 1.807) is 4.90 Å². The van der Waals surface area contributed by atoms with Gasteiger partial charge in [-0.3, -0.25) is 9.59 Å². The zero-order valence-corrected chi connectivity index (χ0v) is 17.2. The number of hydrogen-bond donors (Lipinski definition) is 1. The van der Waals surface area contributed by atoms with Crippen LogP contribution < -0.4 is 4.72 Å². The van der Waals surface area contributed by atoms with Gasteiger partial charge in [-0.15, -0.1) is 6.58 Å². The van der Waals surface area contributed by atoms with Crippen LogP contribution in [0.15, 0.2) is 41.8 Å². The topological polar surface area (TPSA) is 96.0 Å². The Morgan fingerprint density at radius 2 is 1.83 bits per heavy atom. The van der Waals surface area contributed by atoms with Gasteiger partial charge in [0.15, 0.2) is 0 Å². The van der Waals surface area contributed by atoms with Crippen molar-refractivity contribution < 1.29 is 22.7 Å². The van der Waals surface area contributed by atoms with Crippen molar-refractivity contribution in [2.75, 3.05) is 45.9 Å². The van der Waals surface area contributed by atoms with Crippen LogP contribution in [0.3, 0.4) is 0 Å². The van der Waals surface area contributed by atoms with E-state index in [1.165, 1.54) is 30.3 Å². The molecule has 2 heterocycles. The first-order chi connectivity index (χ1) is 13.9. The summed E-state index contributed by atoms with van der Waals surface area (Å²) in [7, 11) is -3.63. The molecule has 2 fully saturated rings. The maximum absolute atomic E-state index is 12.9. The predicted octanol–water partition coefficient (Wildman–Crippen LogP) is 0.862. The van der Waals surface area contributed by atoms with Crippen molar-refractivity contribution in [1.82, 2.24) is 14.5 Å². The summed E-state index contributed by atoms with van der Waals surface area (Å²) in [5.41, 5.74) is 0.409. The molecule has 158 valence electrons. The van der Waals surface area contributed by atoms with Gasteiger partial charge in [0.05, 0.1) is 24.0 Å². The van der Waals surface area contributed by atoms with Gasteiger partial charge in [-0.05, 0) is 37.1 Å². The summed E-state index contributed by atoms with van der Waals surface area (Å²) < 4.78 is 32.0. The Kier molecular flexibility index (Phi) is 7.05. The minimum atomic E-state index is -3.63. The molecule has 2 saturated heterocycles. The normalized spacial score (nSPS) is 20.3. The predicted molar refractivity (Wildman–Crippen MR) is 108 cm³/mol. The first kappa shape index (κ1) is 21.5. The summed E-state index contributed by atoms with van der Waals surface area (Å²) in [6.45, 7) is 6.89. The van der Waals surface area contributed by atoms with E-state index >= 15 is 0 Å². The first-order valence-electron chi connectivity index (χ1n) is 9.79. The number of carbonyl (C=O) groups excluding carboxylic acids is 2. The van der Waals surface area contributed by atoms with Crippen molar-refractivity contribution >= 4 is 21.8 Å². The number of carbonyl (C=O) groups is 2. The molecule has 1 unspecified atom stereocenters. The van der Waals surface area contributed by atoms with Crippen LogP contribution in [0.1, 0.15) is 23.2 Å². The van der Waals surface area contributed by atoms with Gasteiger partial charge in [-0.2, -0.15) is 0 Å². The van der Waals surface area contributed by atoms with Gasteiger partial charge in [0.25, 0.3) is 5.91 Å². The number of rotatable bonds is 6. The second kappa shape index (κ2) is 9.51. The number of nitrogens with zero attached hydrogens (tertiary/aromatic N) is 2. The van der Waals surface area contributed by atoms with Crippen molar-refractivity contribution in [3.05, 3.63) is 42.5 Å². The fourth-order valence-electron chi connectivity index (χ4n) is 3.62. The number of sulfonamides is 1. The second-order valence-corrected chi connectivity index (χ2v) is 8.96. The van der Waals surface area contributed by atoms with Crippen LogP contribution in [0.4, 0.5) is 0 Å².